The lowest BCUT2D eigenvalue weighted by Crippen LogP contribution is -2.43. The first-order valence-electron chi connectivity index (χ1n) is 9.85. The second-order valence-electron chi connectivity index (χ2n) is 6.60. The highest BCUT2D eigenvalue weighted by atomic mass is 16.6. The second-order valence-corrected chi connectivity index (χ2v) is 6.60. The van der Waals surface area contributed by atoms with E-state index in [0.717, 1.165) is 5.56 Å². The minimum absolute atomic E-state index is 0.0126. The average molecular weight is 428 g/mol. The number of hydrogen-bond donors (Lipinski definition) is 1. The number of nitro groups is 1. The zero-order valence-corrected chi connectivity index (χ0v) is 17.2. The molecule has 0 radical (unpaired) electrons. The minimum Gasteiger partial charge on any atom is -0.490 e. The van der Waals surface area contributed by atoms with Gasteiger partial charge in [-0.1, -0.05) is 0 Å². The van der Waals surface area contributed by atoms with Crippen molar-refractivity contribution in [2.24, 2.45) is 5.10 Å². The Bertz CT molecular complexity index is 926. The molecule has 10 heteroatoms. The van der Waals surface area contributed by atoms with E-state index in [9.17, 15) is 14.9 Å². The van der Waals surface area contributed by atoms with Crippen LogP contribution in [0.4, 0.5) is 11.4 Å². The van der Waals surface area contributed by atoms with Gasteiger partial charge in [-0.2, -0.15) is 5.10 Å². The van der Waals surface area contributed by atoms with Crippen molar-refractivity contribution in [3.8, 4) is 11.5 Å². The molecule has 0 aromatic heterocycles. The molecule has 0 bridgehead atoms. The van der Waals surface area contributed by atoms with E-state index in [4.69, 9.17) is 14.2 Å². The van der Waals surface area contributed by atoms with E-state index < -0.39 is 4.92 Å². The summed E-state index contributed by atoms with van der Waals surface area (Å²) in [5.74, 6) is 0.893. The summed E-state index contributed by atoms with van der Waals surface area (Å²) in [7, 11) is 0. The topological polar surface area (TPSA) is 116 Å². The Hall–Kier alpha value is -3.66. The molecule has 1 N–H and O–H groups in total. The maximum atomic E-state index is 12.3. The number of nitro benzene ring substituents is 1. The lowest BCUT2D eigenvalue weighted by molar-refractivity contribution is -0.384. The molecule has 2 aromatic carbocycles. The van der Waals surface area contributed by atoms with Crippen molar-refractivity contribution in [3.05, 3.63) is 58.1 Å². The van der Waals surface area contributed by atoms with E-state index >= 15 is 0 Å². The second kappa shape index (κ2) is 10.9. The molecule has 1 fully saturated rings. The Morgan fingerprint density at radius 2 is 1.94 bits per heavy atom. The van der Waals surface area contributed by atoms with E-state index in [2.05, 4.69) is 10.5 Å². The molecule has 1 aliphatic heterocycles. The number of hydrazone groups is 1. The number of nitrogens with zero attached hydrogens (tertiary/aromatic N) is 3. The molecule has 0 aliphatic carbocycles. The Morgan fingerprint density at radius 3 is 2.61 bits per heavy atom. The molecule has 2 aromatic rings. The van der Waals surface area contributed by atoms with E-state index in [1.807, 2.05) is 6.92 Å². The van der Waals surface area contributed by atoms with E-state index in [1.165, 1.54) is 12.1 Å². The maximum Gasteiger partial charge on any atom is 0.269 e. The van der Waals surface area contributed by atoms with E-state index in [0.29, 0.717) is 50.1 Å². The Kier molecular flexibility index (Phi) is 7.77. The summed E-state index contributed by atoms with van der Waals surface area (Å²) in [6.45, 7) is 4.44. The zero-order valence-electron chi connectivity index (χ0n) is 17.2. The fourth-order valence-electron chi connectivity index (χ4n) is 2.88. The van der Waals surface area contributed by atoms with Gasteiger partial charge in [0.1, 0.15) is 0 Å². The van der Waals surface area contributed by atoms with Crippen molar-refractivity contribution in [1.29, 1.82) is 0 Å². The molecule has 0 spiro atoms. The van der Waals surface area contributed by atoms with Crippen LogP contribution in [0.2, 0.25) is 0 Å². The molecule has 10 nitrogen and oxygen atoms in total. The number of amides is 1. The molecule has 164 valence electrons. The van der Waals surface area contributed by atoms with Crippen molar-refractivity contribution < 1.29 is 23.9 Å². The Labute approximate surface area is 179 Å². The van der Waals surface area contributed by atoms with Crippen LogP contribution >= 0.6 is 0 Å². The summed E-state index contributed by atoms with van der Waals surface area (Å²) in [5.41, 5.74) is 4.20. The largest absolute Gasteiger partial charge is 0.490 e. The first-order valence-corrected chi connectivity index (χ1v) is 9.85. The van der Waals surface area contributed by atoms with Crippen LogP contribution in [0.25, 0.3) is 0 Å². The normalized spacial score (nSPS) is 13.8. The summed E-state index contributed by atoms with van der Waals surface area (Å²) in [5, 5.41) is 14.8. The fraction of sp³-hybridized carbons (Fsp3) is 0.333. The van der Waals surface area contributed by atoms with Crippen LogP contribution in [0, 0.1) is 10.1 Å². The van der Waals surface area contributed by atoms with Gasteiger partial charge in [0.15, 0.2) is 18.1 Å². The number of ether oxygens (including phenoxy) is 3. The highest BCUT2D eigenvalue weighted by Gasteiger charge is 2.18. The maximum absolute atomic E-state index is 12.3. The molecular formula is C21H24N4O6. The van der Waals surface area contributed by atoms with E-state index in [-0.39, 0.29) is 18.2 Å². The van der Waals surface area contributed by atoms with Crippen LogP contribution in [0.5, 0.6) is 11.5 Å². The van der Waals surface area contributed by atoms with Gasteiger partial charge in [0.05, 0.1) is 36.6 Å². The number of carbonyl (C=O) groups is 1. The number of hydrogen-bond acceptors (Lipinski definition) is 8. The molecule has 1 saturated heterocycles. The molecular weight excluding hydrogens is 404 g/mol. The first-order chi connectivity index (χ1) is 15.1. The average Bonchev–Trinajstić information content (AvgIpc) is 2.79. The monoisotopic (exact) mass is 428 g/mol. The van der Waals surface area contributed by atoms with Crippen molar-refractivity contribution >= 4 is 23.5 Å². The van der Waals surface area contributed by atoms with Crippen molar-refractivity contribution in [3.63, 3.8) is 0 Å². The number of rotatable bonds is 9. The van der Waals surface area contributed by atoms with Crippen LogP contribution in [-0.2, 0) is 9.53 Å². The molecule has 1 aliphatic rings. The highest BCUT2D eigenvalue weighted by Crippen LogP contribution is 2.28. The van der Waals surface area contributed by atoms with Crippen LogP contribution in [0.1, 0.15) is 12.5 Å². The summed E-state index contributed by atoms with van der Waals surface area (Å²) in [6, 6.07) is 11.2. The van der Waals surface area contributed by atoms with Gasteiger partial charge in [-0.15, -0.1) is 0 Å². The summed E-state index contributed by atoms with van der Waals surface area (Å²) < 4.78 is 16.6. The SMILES string of the molecule is CCOc1cc(/C=N/Nc2ccc([N+](=O)[O-])cc2)ccc1OCC(=O)N1CCOCC1. The summed E-state index contributed by atoms with van der Waals surface area (Å²) in [6.07, 6.45) is 1.59. The van der Waals surface area contributed by atoms with Crippen LogP contribution in [0.15, 0.2) is 47.6 Å². The summed E-state index contributed by atoms with van der Waals surface area (Å²) >= 11 is 0. The van der Waals surface area contributed by atoms with Gasteiger partial charge in [0, 0.05) is 25.2 Å². The first kappa shape index (κ1) is 22.0. The number of benzene rings is 2. The van der Waals surface area contributed by atoms with Gasteiger partial charge in [0.2, 0.25) is 0 Å². The number of anilines is 1. The predicted molar refractivity (Wildman–Crippen MR) is 115 cm³/mol. The highest BCUT2D eigenvalue weighted by molar-refractivity contribution is 5.82. The van der Waals surface area contributed by atoms with Gasteiger partial charge in [-0.3, -0.25) is 20.3 Å². The molecule has 1 heterocycles. The minimum atomic E-state index is -0.458. The zero-order chi connectivity index (χ0) is 22.1. The fourth-order valence-corrected chi connectivity index (χ4v) is 2.88. The molecule has 1 amide bonds. The third-order valence-corrected chi connectivity index (χ3v) is 4.47. The number of morpholine rings is 1. The van der Waals surface area contributed by atoms with E-state index in [1.54, 1.807) is 41.4 Å². The van der Waals surface area contributed by atoms with Crippen LogP contribution in [0.3, 0.4) is 0 Å². The van der Waals surface area contributed by atoms with Gasteiger partial charge in [-0.25, -0.2) is 0 Å². The molecule has 31 heavy (non-hydrogen) atoms. The molecule has 0 saturated carbocycles. The number of non-ortho nitro benzene ring substituents is 1. The number of nitrogens with one attached hydrogen (secondary N) is 1. The predicted octanol–water partition coefficient (Wildman–Crippen LogP) is 2.68. The van der Waals surface area contributed by atoms with Crippen molar-refractivity contribution in [2.75, 3.05) is 44.9 Å². The summed E-state index contributed by atoms with van der Waals surface area (Å²) in [4.78, 5) is 24.2. The number of carbonyl (C=O) groups excluding carboxylic acids is 1. The quantitative estimate of drug-likeness (QED) is 0.371. The third kappa shape index (κ3) is 6.41. The van der Waals surface area contributed by atoms with Gasteiger partial charge >= 0.3 is 0 Å². The van der Waals surface area contributed by atoms with Gasteiger partial charge in [0.25, 0.3) is 11.6 Å². The lowest BCUT2D eigenvalue weighted by atomic mass is 10.2. The Morgan fingerprint density at radius 1 is 1.19 bits per heavy atom. The third-order valence-electron chi connectivity index (χ3n) is 4.47. The van der Waals surface area contributed by atoms with Crippen LogP contribution < -0.4 is 14.9 Å². The molecule has 0 unspecified atom stereocenters. The Balaban J connectivity index is 1.60. The standard InChI is InChI=1S/C21H24N4O6/c1-2-30-20-13-16(14-22-23-17-4-6-18(7-5-17)25(27)28)3-8-19(20)31-15-21(26)24-9-11-29-12-10-24/h3-8,13-14,23H,2,9-12,15H2,1H3/b22-14+. The van der Waals surface area contributed by atoms with Gasteiger partial charge < -0.3 is 19.1 Å². The lowest BCUT2D eigenvalue weighted by Gasteiger charge is -2.26. The van der Waals surface area contributed by atoms with Crippen molar-refractivity contribution in [2.45, 2.75) is 6.92 Å². The molecule has 3 rings (SSSR count). The van der Waals surface area contributed by atoms with Gasteiger partial charge in [-0.05, 0) is 42.8 Å². The smallest absolute Gasteiger partial charge is 0.269 e. The van der Waals surface area contributed by atoms with Crippen molar-refractivity contribution in [1.82, 2.24) is 4.90 Å². The molecule has 0 atom stereocenters. The van der Waals surface area contributed by atoms with Crippen LogP contribution in [-0.4, -0.2) is 61.5 Å².